The number of nitrogens with zero attached hydrogens (tertiary/aromatic N) is 4. The fraction of sp³-hybridized carbons (Fsp3) is 0.235. The van der Waals surface area contributed by atoms with E-state index >= 15 is 0 Å². The van der Waals surface area contributed by atoms with Crippen LogP contribution < -0.4 is 5.32 Å². The normalized spacial score (nSPS) is 12.0. The summed E-state index contributed by atoms with van der Waals surface area (Å²) in [5, 5.41) is 21.6. The van der Waals surface area contributed by atoms with Gasteiger partial charge in [-0.1, -0.05) is 11.8 Å². The van der Waals surface area contributed by atoms with Crippen molar-refractivity contribution in [3.63, 3.8) is 0 Å². The molecular formula is C17H16FN5O4S. The third-order valence-corrected chi connectivity index (χ3v) is 4.92. The third-order valence-electron chi connectivity index (χ3n) is 3.84. The van der Waals surface area contributed by atoms with E-state index in [4.69, 9.17) is 4.42 Å². The number of carbonyl (C=O) groups is 1. The van der Waals surface area contributed by atoms with Gasteiger partial charge < -0.3 is 9.73 Å². The minimum absolute atomic E-state index is 0.138. The molecule has 0 saturated heterocycles. The van der Waals surface area contributed by atoms with Crippen molar-refractivity contribution < 1.29 is 18.5 Å². The van der Waals surface area contributed by atoms with Crippen LogP contribution in [0, 0.1) is 15.9 Å². The number of nitro benzene ring substituents is 1. The van der Waals surface area contributed by atoms with Gasteiger partial charge in [-0.05, 0) is 38.1 Å². The maximum absolute atomic E-state index is 13.4. The fourth-order valence-electron chi connectivity index (χ4n) is 2.43. The first-order valence-electron chi connectivity index (χ1n) is 8.29. The predicted molar refractivity (Wildman–Crippen MR) is 100 cm³/mol. The average molecular weight is 405 g/mol. The number of hydrogen-bond acceptors (Lipinski definition) is 7. The lowest BCUT2D eigenvalue weighted by atomic mass is 10.2. The van der Waals surface area contributed by atoms with E-state index in [1.54, 1.807) is 19.1 Å². The van der Waals surface area contributed by atoms with Gasteiger partial charge in [-0.25, -0.2) is 0 Å². The summed E-state index contributed by atoms with van der Waals surface area (Å²) in [6.45, 7) is 4.16. The van der Waals surface area contributed by atoms with Crippen molar-refractivity contribution >= 4 is 29.0 Å². The second-order valence-electron chi connectivity index (χ2n) is 5.70. The number of rotatable bonds is 7. The van der Waals surface area contributed by atoms with Crippen molar-refractivity contribution in [2.75, 3.05) is 5.32 Å². The summed E-state index contributed by atoms with van der Waals surface area (Å²) < 4.78 is 20.6. The monoisotopic (exact) mass is 405 g/mol. The van der Waals surface area contributed by atoms with Crippen LogP contribution in [-0.4, -0.2) is 30.8 Å². The molecule has 9 nitrogen and oxygen atoms in total. The summed E-state index contributed by atoms with van der Waals surface area (Å²) in [5.41, 5.74) is -0.564. The van der Waals surface area contributed by atoms with E-state index < -0.39 is 27.6 Å². The van der Waals surface area contributed by atoms with Gasteiger partial charge in [-0.3, -0.25) is 19.5 Å². The highest BCUT2D eigenvalue weighted by Gasteiger charge is 2.22. The molecule has 11 heteroatoms. The molecule has 2 heterocycles. The first-order valence-corrected chi connectivity index (χ1v) is 9.17. The Morgan fingerprint density at radius 2 is 2.21 bits per heavy atom. The summed E-state index contributed by atoms with van der Waals surface area (Å²) in [6, 6.07) is 6.70. The number of furan rings is 1. The number of anilines is 1. The van der Waals surface area contributed by atoms with Gasteiger partial charge >= 0.3 is 5.69 Å². The zero-order valence-corrected chi connectivity index (χ0v) is 15.8. The Morgan fingerprint density at radius 3 is 2.86 bits per heavy atom. The van der Waals surface area contributed by atoms with E-state index in [0.29, 0.717) is 23.3 Å². The van der Waals surface area contributed by atoms with Gasteiger partial charge in [0.1, 0.15) is 0 Å². The summed E-state index contributed by atoms with van der Waals surface area (Å²) in [6.07, 6.45) is 1.54. The number of hydrogen-bond donors (Lipinski definition) is 1. The predicted octanol–water partition coefficient (Wildman–Crippen LogP) is 3.72. The molecule has 0 aliphatic heterocycles. The Bertz CT molecular complexity index is 1010. The quantitative estimate of drug-likeness (QED) is 0.362. The molecular weight excluding hydrogens is 389 g/mol. The van der Waals surface area contributed by atoms with Crippen LogP contribution in [0.2, 0.25) is 0 Å². The van der Waals surface area contributed by atoms with Crippen LogP contribution in [-0.2, 0) is 11.3 Å². The number of nitro groups is 1. The number of amides is 1. The van der Waals surface area contributed by atoms with Gasteiger partial charge in [0.2, 0.25) is 11.7 Å². The first kappa shape index (κ1) is 19.5. The molecule has 0 saturated carbocycles. The van der Waals surface area contributed by atoms with Crippen LogP contribution in [0.4, 0.5) is 15.8 Å². The summed E-state index contributed by atoms with van der Waals surface area (Å²) in [4.78, 5) is 22.4. The van der Waals surface area contributed by atoms with Crippen molar-refractivity contribution in [2.45, 2.75) is 30.8 Å². The molecule has 2 aromatic heterocycles. The molecule has 1 aromatic carbocycles. The molecule has 0 radical (unpaired) electrons. The minimum Gasteiger partial charge on any atom is -0.461 e. The summed E-state index contributed by atoms with van der Waals surface area (Å²) in [5.74, 6) is -0.253. The van der Waals surface area contributed by atoms with Crippen molar-refractivity contribution in [1.29, 1.82) is 0 Å². The minimum atomic E-state index is -0.966. The van der Waals surface area contributed by atoms with Crippen molar-refractivity contribution in [1.82, 2.24) is 14.8 Å². The molecule has 3 rings (SSSR count). The van der Waals surface area contributed by atoms with E-state index in [1.165, 1.54) is 24.1 Å². The lowest BCUT2D eigenvalue weighted by Gasteiger charge is -2.12. The summed E-state index contributed by atoms with van der Waals surface area (Å²) >= 11 is 1.18. The SMILES string of the molecule is CCn1c(S[C@@H](C)C(=O)Nc2ccc(F)c([N+](=O)[O-])c2)nnc1-c1ccco1. The summed E-state index contributed by atoms with van der Waals surface area (Å²) in [7, 11) is 0. The second kappa shape index (κ2) is 8.21. The van der Waals surface area contributed by atoms with Crippen molar-refractivity contribution in [3.8, 4) is 11.6 Å². The molecule has 146 valence electrons. The van der Waals surface area contributed by atoms with Crippen LogP contribution in [0.3, 0.4) is 0 Å². The molecule has 0 bridgehead atoms. The van der Waals surface area contributed by atoms with E-state index in [2.05, 4.69) is 15.5 Å². The van der Waals surface area contributed by atoms with Crippen molar-refractivity contribution in [3.05, 3.63) is 52.5 Å². The molecule has 0 unspecified atom stereocenters. The molecule has 1 atom stereocenters. The Balaban J connectivity index is 1.73. The Labute approximate surface area is 163 Å². The maximum Gasteiger partial charge on any atom is 0.306 e. The van der Waals surface area contributed by atoms with E-state index in [0.717, 1.165) is 12.1 Å². The van der Waals surface area contributed by atoms with Crippen LogP contribution in [0.15, 0.2) is 46.2 Å². The van der Waals surface area contributed by atoms with Crippen LogP contribution in [0.25, 0.3) is 11.6 Å². The van der Waals surface area contributed by atoms with E-state index in [9.17, 15) is 19.3 Å². The number of thioether (sulfide) groups is 1. The largest absolute Gasteiger partial charge is 0.461 e. The van der Waals surface area contributed by atoms with Crippen LogP contribution in [0.1, 0.15) is 13.8 Å². The molecule has 28 heavy (non-hydrogen) atoms. The molecule has 3 aromatic rings. The number of nitrogens with one attached hydrogen (secondary N) is 1. The molecule has 0 spiro atoms. The molecule has 1 amide bonds. The standard InChI is InChI=1S/C17H16FN5O4S/c1-3-22-15(14-5-4-8-27-14)20-21-17(22)28-10(2)16(24)19-11-6-7-12(18)13(9-11)23(25)26/h4-10H,3H2,1-2H3,(H,19,24)/t10-/m0/s1. The number of carbonyl (C=O) groups excluding carboxylic acids is 1. The highest BCUT2D eigenvalue weighted by atomic mass is 32.2. The van der Waals surface area contributed by atoms with Gasteiger partial charge in [0.15, 0.2) is 16.7 Å². The molecule has 0 aliphatic rings. The molecule has 0 fully saturated rings. The number of aromatic nitrogens is 3. The Hall–Kier alpha value is -3.21. The topological polar surface area (TPSA) is 116 Å². The smallest absolute Gasteiger partial charge is 0.306 e. The Kier molecular flexibility index (Phi) is 5.73. The van der Waals surface area contributed by atoms with Gasteiger partial charge in [0, 0.05) is 18.3 Å². The van der Waals surface area contributed by atoms with E-state index in [1.807, 2.05) is 11.5 Å². The fourth-order valence-corrected chi connectivity index (χ4v) is 3.35. The van der Waals surface area contributed by atoms with E-state index in [-0.39, 0.29) is 5.69 Å². The zero-order valence-electron chi connectivity index (χ0n) is 15.0. The lowest BCUT2D eigenvalue weighted by molar-refractivity contribution is -0.387. The maximum atomic E-state index is 13.4. The highest BCUT2D eigenvalue weighted by molar-refractivity contribution is 8.00. The van der Waals surface area contributed by atoms with Gasteiger partial charge in [0.25, 0.3) is 0 Å². The van der Waals surface area contributed by atoms with Crippen LogP contribution >= 0.6 is 11.8 Å². The first-order chi connectivity index (χ1) is 13.4. The van der Waals surface area contributed by atoms with Crippen molar-refractivity contribution in [2.24, 2.45) is 0 Å². The third kappa shape index (κ3) is 4.03. The number of benzene rings is 1. The van der Waals surface area contributed by atoms with Gasteiger partial charge in [0.05, 0.1) is 16.4 Å². The molecule has 1 N–H and O–H groups in total. The highest BCUT2D eigenvalue weighted by Crippen LogP contribution is 2.28. The van der Waals surface area contributed by atoms with Gasteiger partial charge in [-0.2, -0.15) is 4.39 Å². The van der Waals surface area contributed by atoms with Crippen LogP contribution in [0.5, 0.6) is 0 Å². The second-order valence-corrected chi connectivity index (χ2v) is 7.01. The van der Waals surface area contributed by atoms with Gasteiger partial charge in [-0.15, -0.1) is 10.2 Å². The lowest BCUT2D eigenvalue weighted by Crippen LogP contribution is -2.23. The average Bonchev–Trinajstić information content (AvgIpc) is 3.32. The zero-order chi connectivity index (χ0) is 20.3. The Morgan fingerprint density at radius 1 is 1.43 bits per heavy atom. The number of halogens is 1. The molecule has 0 aliphatic carbocycles.